The van der Waals surface area contributed by atoms with Gasteiger partial charge in [0.25, 0.3) is 0 Å². The lowest BCUT2D eigenvalue weighted by molar-refractivity contribution is -0.147. The SMILES string of the molecule is C=CCN(C)C(=O)[C@@H]1[C@@H]2CC(C)C3(S2)C(C(=O)N(CC=C)C(C)(C)CC(C)(C)C)N(CCCCCCO)C(=O)[C@H]13. The summed E-state index contributed by atoms with van der Waals surface area (Å²) in [5.74, 6) is -0.878. The molecule has 3 saturated heterocycles. The number of likely N-dealkylation sites (tertiary alicyclic amines) is 1. The minimum atomic E-state index is -0.628. The molecule has 2 bridgehead atoms. The number of hydrogen-bond acceptors (Lipinski definition) is 5. The highest BCUT2D eigenvalue weighted by molar-refractivity contribution is 8.02. The summed E-state index contributed by atoms with van der Waals surface area (Å²) in [5.41, 5.74) is -0.443. The summed E-state index contributed by atoms with van der Waals surface area (Å²) in [7, 11) is 1.78. The standard InChI is InChI=1S/C32H53N3O4S/c1-10-16-33(9)27(37)24-23-20-22(3)32(40-23)25(24)28(38)34(18-14-12-13-15-19-36)26(32)29(39)35(17-11-2)31(7,8)21-30(4,5)6/h10-11,22-26,36H,1-2,12-21H2,3-9H3/t22?,23-,24+,25-,26?,32?/m0/s1. The fraction of sp³-hybridized carbons (Fsp3) is 0.781. The maximum atomic E-state index is 14.9. The molecule has 3 aliphatic heterocycles. The zero-order chi connectivity index (χ0) is 30.0. The maximum absolute atomic E-state index is 14.9. The molecule has 3 unspecified atom stereocenters. The van der Waals surface area contributed by atoms with E-state index in [-0.39, 0.29) is 40.9 Å². The van der Waals surface area contributed by atoms with Crippen LogP contribution in [0.1, 0.15) is 80.1 Å². The number of carbonyl (C=O) groups is 3. The molecule has 0 aliphatic carbocycles. The van der Waals surface area contributed by atoms with E-state index in [2.05, 4.69) is 54.7 Å². The fourth-order valence-electron chi connectivity index (χ4n) is 7.91. The van der Waals surface area contributed by atoms with Crippen LogP contribution in [-0.2, 0) is 14.4 Å². The first kappa shape index (κ1) is 32.7. The Morgan fingerprint density at radius 1 is 1.07 bits per heavy atom. The number of aliphatic hydroxyl groups is 1. The molecule has 6 atom stereocenters. The lowest BCUT2D eigenvalue weighted by Crippen LogP contribution is -2.61. The molecular formula is C32H53N3O4S. The van der Waals surface area contributed by atoms with Crippen molar-refractivity contribution in [3.8, 4) is 0 Å². The number of unbranched alkanes of at least 4 members (excludes halogenated alkanes) is 3. The van der Waals surface area contributed by atoms with Gasteiger partial charge in [-0.1, -0.05) is 52.7 Å². The van der Waals surface area contributed by atoms with E-state index in [0.29, 0.717) is 19.6 Å². The third-order valence-electron chi connectivity index (χ3n) is 9.12. The van der Waals surface area contributed by atoms with E-state index in [4.69, 9.17) is 0 Å². The molecule has 40 heavy (non-hydrogen) atoms. The van der Waals surface area contributed by atoms with Crippen LogP contribution in [0, 0.1) is 23.2 Å². The molecule has 0 aromatic carbocycles. The Balaban J connectivity index is 2.07. The van der Waals surface area contributed by atoms with Crippen molar-refractivity contribution < 1.29 is 19.5 Å². The Morgan fingerprint density at radius 3 is 2.27 bits per heavy atom. The lowest BCUT2D eigenvalue weighted by atomic mass is 9.65. The molecule has 3 heterocycles. The highest BCUT2D eigenvalue weighted by atomic mass is 32.2. The Labute approximate surface area is 246 Å². The highest BCUT2D eigenvalue weighted by Crippen LogP contribution is 2.69. The average molecular weight is 576 g/mol. The number of aliphatic hydroxyl groups excluding tert-OH is 1. The summed E-state index contributed by atoms with van der Waals surface area (Å²) in [6.45, 7) is 22.2. The normalized spacial score (nSPS) is 29.4. The molecule has 1 spiro atoms. The number of thioether (sulfide) groups is 1. The average Bonchev–Trinajstić information content (AvgIpc) is 3.44. The number of rotatable bonds is 14. The van der Waals surface area contributed by atoms with E-state index in [1.807, 2.05) is 9.80 Å². The van der Waals surface area contributed by atoms with Gasteiger partial charge in [-0.3, -0.25) is 14.4 Å². The zero-order valence-electron chi connectivity index (χ0n) is 25.9. The molecule has 1 N–H and O–H groups in total. The molecule has 7 nitrogen and oxygen atoms in total. The van der Waals surface area contributed by atoms with Crippen molar-refractivity contribution in [2.45, 2.75) is 102 Å². The first-order valence-electron chi connectivity index (χ1n) is 15.0. The number of amides is 3. The molecule has 3 fully saturated rings. The van der Waals surface area contributed by atoms with E-state index >= 15 is 0 Å². The number of hydrogen-bond donors (Lipinski definition) is 1. The number of fused-ring (bicyclic) bond motifs is 1. The summed E-state index contributed by atoms with van der Waals surface area (Å²) in [6.07, 6.45) is 8.39. The van der Waals surface area contributed by atoms with Gasteiger partial charge in [-0.15, -0.1) is 24.9 Å². The number of likely N-dealkylation sites (N-methyl/N-ethyl adjacent to an activating group) is 1. The van der Waals surface area contributed by atoms with Gasteiger partial charge in [0, 0.05) is 44.1 Å². The van der Waals surface area contributed by atoms with Crippen LogP contribution in [0.25, 0.3) is 0 Å². The summed E-state index contributed by atoms with van der Waals surface area (Å²) in [5, 5.41) is 9.24. The van der Waals surface area contributed by atoms with Crippen molar-refractivity contribution >= 4 is 29.5 Å². The summed E-state index contributed by atoms with van der Waals surface area (Å²) in [4.78, 5) is 48.5. The quantitative estimate of drug-likeness (QED) is 0.239. The maximum Gasteiger partial charge on any atom is 0.247 e. The monoisotopic (exact) mass is 575 g/mol. The van der Waals surface area contributed by atoms with E-state index in [9.17, 15) is 19.5 Å². The molecule has 3 rings (SSSR count). The molecule has 0 aromatic heterocycles. The van der Waals surface area contributed by atoms with Crippen LogP contribution in [0.3, 0.4) is 0 Å². The van der Waals surface area contributed by atoms with Crippen LogP contribution in [0.4, 0.5) is 0 Å². The van der Waals surface area contributed by atoms with Crippen molar-refractivity contribution in [3.63, 3.8) is 0 Å². The van der Waals surface area contributed by atoms with Crippen LogP contribution in [0.5, 0.6) is 0 Å². The number of carbonyl (C=O) groups excluding carboxylic acids is 3. The van der Waals surface area contributed by atoms with E-state index < -0.39 is 28.2 Å². The van der Waals surface area contributed by atoms with Crippen LogP contribution < -0.4 is 0 Å². The molecule has 0 radical (unpaired) electrons. The minimum Gasteiger partial charge on any atom is -0.396 e. The molecule has 0 saturated carbocycles. The lowest BCUT2D eigenvalue weighted by Gasteiger charge is -2.47. The second kappa shape index (κ2) is 12.6. The Hall–Kier alpha value is -1.80. The number of nitrogens with zero attached hydrogens (tertiary/aromatic N) is 3. The van der Waals surface area contributed by atoms with Crippen LogP contribution in [0.15, 0.2) is 25.3 Å². The summed E-state index contributed by atoms with van der Waals surface area (Å²) >= 11 is 1.74. The smallest absolute Gasteiger partial charge is 0.247 e. The minimum absolute atomic E-state index is 0.00299. The molecule has 3 aliphatic rings. The van der Waals surface area contributed by atoms with Gasteiger partial charge in [-0.05, 0) is 50.9 Å². The molecule has 0 aromatic rings. The molecular weight excluding hydrogens is 522 g/mol. The summed E-state index contributed by atoms with van der Waals surface area (Å²) < 4.78 is -0.628. The fourth-order valence-corrected chi connectivity index (χ4v) is 10.3. The second-order valence-corrected chi connectivity index (χ2v) is 15.6. The van der Waals surface area contributed by atoms with Crippen LogP contribution in [-0.4, -0.2) is 92.4 Å². The van der Waals surface area contributed by atoms with Crippen molar-refractivity contribution in [2.24, 2.45) is 23.2 Å². The third kappa shape index (κ3) is 6.04. The van der Waals surface area contributed by atoms with Gasteiger partial charge >= 0.3 is 0 Å². The predicted molar refractivity (Wildman–Crippen MR) is 164 cm³/mol. The first-order valence-corrected chi connectivity index (χ1v) is 15.9. The predicted octanol–water partition coefficient (Wildman–Crippen LogP) is 4.75. The topological polar surface area (TPSA) is 81.2 Å². The molecule has 8 heteroatoms. The largest absolute Gasteiger partial charge is 0.396 e. The van der Waals surface area contributed by atoms with Gasteiger partial charge in [0.15, 0.2) is 0 Å². The highest BCUT2D eigenvalue weighted by Gasteiger charge is 2.76. The van der Waals surface area contributed by atoms with E-state index in [1.54, 1.807) is 35.9 Å². The van der Waals surface area contributed by atoms with Gasteiger partial charge < -0.3 is 19.8 Å². The Bertz CT molecular complexity index is 976. The van der Waals surface area contributed by atoms with E-state index in [0.717, 1.165) is 38.5 Å². The van der Waals surface area contributed by atoms with Crippen molar-refractivity contribution in [1.82, 2.24) is 14.7 Å². The van der Waals surface area contributed by atoms with Crippen molar-refractivity contribution in [1.29, 1.82) is 0 Å². The van der Waals surface area contributed by atoms with Crippen molar-refractivity contribution in [2.75, 3.05) is 33.3 Å². The molecule has 226 valence electrons. The first-order chi connectivity index (χ1) is 18.7. The van der Waals surface area contributed by atoms with Crippen molar-refractivity contribution in [3.05, 3.63) is 25.3 Å². The van der Waals surface area contributed by atoms with Gasteiger partial charge in [0.05, 0.1) is 16.6 Å². The van der Waals surface area contributed by atoms with Gasteiger partial charge in [-0.2, -0.15) is 0 Å². The van der Waals surface area contributed by atoms with Gasteiger partial charge in [0.2, 0.25) is 17.7 Å². The molecule has 3 amide bonds. The van der Waals surface area contributed by atoms with Crippen LogP contribution in [0.2, 0.25) is 0 Å². The van der Waals surface area contributed by atoms with Gasteiger partial charge in [0.1, 0.15) is 6.04 Å². The Kier molecular flexibility index (Phi) is 10.3. The third-order valence-corrected chi connectivity index (χ3v) is 11.2. The van der Waals surface area contributed by atoms with Gasteiger partial charge in [-0.25, -0.2) is 0 Å². The van der Waals surface area contributed by atoms with Crippen LogP contribution >= 0.6 is 11.8 Å². The Morgan fingerprint density at radius 2 is 1.70 bits per heavy atom. The summed E-state index contributed by atoms with van der Waals surface area (Å²) in [6, 6.07) is -0.616. The second-order valence-electron chi connectivity index (χ2n) is 14.0. The zero-order valence-corrected chi connectivity index (χ0v) is 26.8. The van der Waals surface area contributed by atoms with E-state index in [1.165, 1.54) is 0 Å².